The second-order valence-corrected chi connectivity index (χ2v) is 5.51. The van der Waals surface area contributed by atoms with Crippen molar-refractivity contribution in [3.63, 3.8) is 0 Å². The highest BCUT2D eigenvalue weighted by molar-refractivity contribution is 6.30. The number of anilines is 1. The number of nitriles is 1. The Bertz CT molecular complexity index is 893. The molecule has 0 radical (unpaired) electrons. The van der Waals surface area contributed by atoms with Gasteiger partial charge in [-0.05, 0) is 42.0 Å². The van der Waals surface area contributed by atoms with Crippen LogP contribution in [0.4, 0.5) is 5.69 Å². The van der Waals surface area contributed by atoms with Gasteiger partial charge in [0.25, 0.3) is 5.91 Å². The normalized spacial score (nSPS) is 10.2. The van der Waals surface area contributed by atoms with Crippen molar-refractivity contribution in [2.45, 2.75) is 6.42 Å². The molecule has 1 amide bonds. The van der Waals surface area contributed by atoms with Gasteiger partial charge >= 0.3 is 0 Å². The van der Waals surface area contributed by atoms with E-state index in [0.29, 0.717) is 22.9 Å². The lowest BCUT2D eigenvalue weighted by molar-refractivity contribution is 0.101. The van der Waals surface area contributed by atoms with E-state index in [1.54, 1.807) is 54.6 Å². The Morgan fingerprint density at radius 2 is 1.88 bits per heavy atom. The molecule has 1 N–H and O–H groups in total. The average Bonchev–Trinajstić information content (AvgIpc) is 3.08. The second-order valence-electron chi connectivity index (χ2n) is 5.07. The van der Waals surface area contributed by atoms with Crippen molar-refractivity contribution < 1.29 is 9.32 Å². The Kier molecular flexibility index (Phi) is 4.59. The maximum Gasteiger partial charge on any atom is 0.277 e. The van der Waals surface area contributed by atoms with E-state index in [2.05, 4.69) is 16.5 Å². The number of rotatable bonds is 4. The molecule has 0 spiro atoms. The molecule has 1 heterocycles. The van der Waals surface area contributed by atoms with Crippen molar-refractivity contribution in [2.24, 2.45) is 0 Å². The SMILES string of the molecule is N#CCc1ccc(NC(=O)c2cc(-c3ccc(Cl)cc3)on2)cc1. The molecule has 5 nitrogen and oxygen atoms in total. The van der Waals surface area contributed by atoms with E-state index in [0.717, 1.165) is 11.1 Å². The van der Waals surface area contributed by atoms with E-state index < -0.39 is 0 Å². The molecule has 118 valence electrons. The fourth-order valence-electron chi connectivity index (χ4n) is 2.12. The molecule has 0 bridgehead atoms. The van der Waals surface area contributed by atoms with Crippen molar-refractivity contribution in [3.8, 4) is 17.4 Å². The van der Waals surface area contributed by atoms with E-state index in [9.17, 15) is 4.79 Å². The first-order valence-corrected chi connectivity index (χ1v) is 7.53. The van der Waals surface area contributed by atoms with Gasteiger partial charge in [0.2, 0.25) is 0 Å². The van der Waals surface area contributed by atoms with E-state index in [1.165, 1.54) is 0 Å². The third kappa shape index (κ3) is 3.62. The van der Waals surface area contributed by atoms with Crippen LogP contribution in [0.2, 0.25) is 5.02 Å². The molecule has 0 saturated heterocycles. The van der Waals surface area contributed by atoms with Gasteiger partial charge in [-0.25, -0.2) is 0 Å². The molecule has 0 unspecified atom stereocenters. The number of benzene rings is 2. The van der Waals surface area contributed by atoms with Crippen LogP contribution in [0.3, 0.4) is 0 Å². The number of amides is 1. The maximum atomic E-state index is 12.2. The fraction of sp³-hybridized carbons (Fsp3) is 0.0556. The van der Waals surface area contributed by atoms with Crippen LogP contribution in [-0.2, 0) is 6.42 Å². The highest BCUT2D eigenvalue weighted by Gasteiger charge is 2.14. The molecule has 3 rings (SSSR count). The molecule has 0 fully saturated rings. The quantitative estimate of drug-likeness (QED) is 0.769. The van der Waals surface area contributed by atoms with Gasteiger partial charge in [0.1, 0.15) is 0 Å². The summed E-state index contributed by atoms with van der Waals surface area (Å²) in [5, 5.41) is 15.8. The van der Waals surface area contributed by atoms with Crippen LogP contribution in [0.25, 0.3) is 11.3 Å². The molecule has 6 heteroatoms. The highest BCUT2D eigenvalue weighted by atomic mass is 35.5. The zero-order chi connectivity index (χ0) is 16.9. The summed E-state index contributed by atoms with van der Waals surface area (Å²) in [5.41, 5.74) is 2.48. The van der Waals surface area contributed by atoms with Gasteiger partial charge in [0.05, 0.1) is 12.5 Å². The van der Waals surface area contributed by atoms with Crippen molar-refractivity contribution in [1.29, 1.82) is 5.26 Å². The van der Waals surface area contributed by atoms with E-state index in [4.69, 9.17) is 21.4 Å². The molecule has 0 atom stereocenters. The minimum atomic E-state index is -0.369. The lowest BCUT2D eigenvalue weighted by atomic mass is 10.1. The number of aromatic nitrogens is 1. The number of carbonyl (C=O) groups excluding carboxylic acids is 1. The highest BCUT2D eigenvalue weighted by Crippen LogP contribution is 2.22. The zero-order valence-electron chi connectivity index (χ0n) is 12.5. The lowest BCUT2D eigenvalue weighted by Crippen LogP contribution is -2.12. The van der Waals surface area contributed by atoms with Gasteiger partial charge in [0.15, 0.2) is 11.5 Å². The molecule has 0 aliphatic rings. The summed E-state index contributed by atoms with van der Waals surface area (Å²) in [5.74, 6) is 0.119. The summed E-state index contributed by atoms with van der Waals surface area (Å²) < 4.78 is 5.21. The fourth-order valence-corrected chi connectivity index (χ4v) is 2.25. The number of carbonyl (C=O) groups is 1. The van der Waals surface area contributed by atoms with Crippen LogP contribution >= 0.6 is 11.6 Å². The topological polar surface area (TPSA) is 78.9 Å². The monoisotopic (exact) mass is 337 g/mol. The number of nitrogens with one attached hydrogen (secondary N) is 1. The predicted molar refractivity (Wildman–Crippen MR) is 90.7 cm³/mol. The summed E-state index contributed by atoms with van der Waals surface area (Å²) in [4.78, 5) is 12.2. The summed E-state index contributed by atoms with van der Waals surface area (Å²) in [6.45, 7) is 0. The van der Waals surface area contributed by atoms with Gasteiger partial charge in [-0.3, -0.25) is 4.79 Å². The first-order chi connectivity index (χ1) is 11.7. The Morgan fingerprint density at radius 1 is 1.17 bits per heavy atom. The molecular weight excluding hydrogens is 326 g/mol. The molecule has 1 aromatic heterocycles. The van der Waals surface area contributed by atoms with E-state index in [1.807, 2.05) is 0 Å². The molecule has 2 aromatic carbocycles. The third-order valence-corrected chi connectivity index (χ3v) is 3.62. The Morgan fingerprint density at radius 3 is 2.54 bits per heavy atom. The van der Waals surface area contributed by atoms with Gasteiger partial charge in [-0.2, -0.15) is 5.26 Å². The number of hydrogen-bond donors (Lipinski definition) is 1. The Balaban J connectivity index is 1.71. The van der Waals surface area contributed by atoms with Crippen LogP contribution in [0.5, 0.6) is 0 Å². The summed E-state index contributed by atoms with van der Waals surface area (Å²) in [6, 6.07) is 17.8. The van der Waals surface area contributed by atoms with Crippen LogP contribution in [-0.4, -0.2) is 11.1 Å². The molecular formula is C18H12ClN3O2. The molecule has 0 aliphatic carbocycles. The van der Waals surface area contributed by atoms with Gasteiger partial charge in [-0.1, -0.05) is 28.9 Å². The summed E-state index contributed by atoms with van der Waals surface area (Å²) in [6.07, 6.45) is 0.335. The Labute approximate surface area is 143 Å². The van der Waals surface area contributed by atoms with Crippen molar-refractivity contribution >= 4 is 23.2 Å². The third-order valence-electron chi connectivity index (χ3n) is 3.37. The van der Waals surface area contributed by atoms with Crippen LogP contribution < -0.4 is 5.32 Å². The average molecular weight is 338 g/mol. The minimum Gasteiger partial charge on any atom is -0.355 e. The largest absolute Gasteiger partial charge is 0.355 e. The predicted octanol–water partition coefficient (Wildman–Crippen LogP) is 4.31. The molecule has 0 aliphatic heterocycles. The van der Waals surface area contributed by atoms with Crippen LogP contribution in [0, 0.1) is 11.3 Å². The van der Waals surface area contributed by atoms with Crippen LogP contribution in [0.15, 0.2) is 59.1 Å². The van der Waals surface area contributed by atoms with Crippen molar-refractivity contribution in [2.75, 3.05) is 5.32 Å². The number of nitrogens with zero attached hydrogens (tertiary/aromatic N) is 2. The van der Waals surface area contributed by atoms with Gasteiger partial charge < -0.3 is 9.84 Å². The standard InChI is InChI=1S/C18H12ClN3O2/c19-14-5-3-13(4-6-14)17-11-16(22-24-17)18(23)21-15-7-1-12(2-8-15)9-10-20/h1-8,11H,9H2,(H,21,23). The number of hydrogen-bond acceptors (Lipinski definition) is 4. The van der Waals surface area contributed by atoms with Crippen LogP contribution in [0.1, 0.15) is 16.1 Å². The van der Waals surface area contributed by atoms with Crippen molar-refractivity contribution in [1.82, 2.24) is 5.16 Å². The summed E-state index contributed by atoms with van der Waals surface area (Å²) >= 11 is 5.85. The molecule has 24 heavy (non-hydrogen) atoms. The first kappa shape index (κ1) is 15.8. The lowest BCUT2D eigenvalue weighted by Gasteiger charge is -2.03. The maximum absolute atomic E-state index is 12.2. The Hall–Kier alpha value is -3.10. The van der Waals surface area contributed by atoms with E-state index in [-0.39, 0.29) is 11.6 Å². The number of halogens is 1. The molecule has 0 saturated carbocycles. The zero-order valence-corrected chi connectivity index (χ0v) is 13.2. The summed E-state index contributed by atoms with van der Waals surface area (Å²) in [7, 11) is 0. The smallest absolute Gasteiger partial charge is 0.277 e. The van der Waals surface area contributed by atoms with E-state index >= 15 is 0 Å². The minimum absolute atomic E-state index is 0.182. The van der Waals surface area contributed by atoms with Crippen molar-refractivity contribution in [3.05, 3.63) is 70.9 Å². The first-order valence-electron chi connectivity index (χ1n) is 7.15. The van der Waals surface area contributed by atoms with Gasteiger partial charge in [-0.15, -0.1) is 0 Å². The second kappa shape index (κ2) is 6.99. The molecule has 3 aromatic rings. The van der Waals surface area contributed by atoms with Gasteiger partial charge in [0, 0.05) is 22.3 Å².